The van der Waals surface area contributed by atoms with Crippen molar-refractivity contribution in [1.82, 2.24) is 14.8 Å². The number of aromatic amines is 1. The SMILES string of the molecule is CO[C@H]1C[C@@H](CN2CCCC2)N(C(=O)c2[nH]ccc2C)C1. The van der Waals surface area contributed by atoms with Crippen molar-refractivity contribution in [1.29, 1.82) is 0 Å². The molecule has 116 valence electrons. The van der Waals surface area contributed by atoms with E-state index >= 15 is 0 Å². The summed E-state index contributed by atoms with van der Waals surface area (Å²) in [6.07, 6.45) is 5.51. The molecule has 5 heteroatoms. The van der Waals surface area contributed by atoms with Gasteiger partial charge in [0.2, 0.25) is 0 Å². The third-order valence-electron chi connectivity index (χ3n) is 4.81. The van der Waals surface area contributed by atoms with Gasteiger partial charge in [0.05, 0.1) is 6.10 Å². The minimum Gasteiger partial charge on any atom is -0.380 e. The molecule has 1 N–H and O–H groups in total. The number of nitrogens with zero attached hydrogens (tertiary/aromatic N) is 2. The zero-order valence-corrected chi connectivity index (χ0v) is 13.0. The van der Waals surface area contributed by atoms with E-state index in [9.17, 15) is 4.79 Å². The highest BCUT2D eigenvalue weighted by molar-refractivity contribution is 5.94. The third-order valence-corrected chi connectivity index (χ3v) is 4.81. The number of H-pyrrole nitrogens is 1. The molecule has 0 bridgehead atoms. The number of hydrogen-bond donors (Lipinski definition) is 1. The Bertz CT molecular complexity index is 493. The number of nitrogens with one attached hydrogen (secondary N) is 1. The van der Waals surface area contributed by atoms with Crippen molar-refractivity contribution in [3.05, 3.63) is 23.5 Å². The molecule has 0 radical (unpaired) electrons. The van der Waals surface area contributed by atoms with Gasteiger partial charge in [0.25, 0.3) is 5.91 Å². The van der Waals surface area contributed by atoms with E-state index in [2.05, 4.69) is 9.88 Å². The van der Waals surface area contributed by atoms with E-state index < -0.39 is 0 Å². The lowest BCUT2D eigenvalue weighted by molar-refractivity contribution is 0.0664. The summed E-state index contributed by atoms with van der Waals surface area (Å²) < 4.78 is 5.51. The van der Waals surface area contributed by atoms with E-state index in [1.165, 1.54) is 12.8 Å². The van der Waals surface area contributed by atoms with E-state index in [1.54, 1.807) is 7.11 Å². The van der Waals surface area contributed by atoms with Crippen LogP contribution in [-0.2, 0) is 4.74 Å². The van der Waals surface area contributed by atoms with Crippen molar-refractivity contribution in [2.24, 2.45) is 0 Å². The van der Waals surface area contributed by atoms with Gasteiger partial charge < -0.3 is 19.5 Å². The maximum atomic E-state index is 12.8. The first-order valence-electron chi connectivity index (χ1n) is 7.89. The maximum Gasteiger partial charge on any atom is 0.270 e. The second-order valence-electron chi connectivity index (χ2n) is 6.25. The number of carbonyl (C=O) groups is 1. The van der Waals surface area contributed by atoms with Crippen LogP contribution in [0, 0.1) is 6.92 Å². The summed E-state index contributed by atoms with van der Waals surface area (Å²) in [4.78, 5) is 20.4. The Morgan fingerprint density at radius 1 is 1.43 bits per heavy atom. The van der Waals surface area contributed by atoms with Crippen LogP contribution in [0.4, 0.5) is 0 Å². The molecule has 1 aromatic rings. The smallest absolute Gasteiger partial charge is 0.270 e. The molecule has 0 saturated carbocycles. The van der Waals surface area contributed by atoms with Crippen LogP contribution < -0.4 is 0 Å². The Kier molecular flexibility index (Phi) is 4.31. The number of amides is 1. The minimum absolute atomic E-state index is 0.112. The zero-order valence-electron chi connectivity index (χ0n) is 13.0. The number of methoxy groups -OCH3 is 1. The molecular weight excluding hydrogens is 266 g/mol. The molecule has 21 heavy (non-hydrogen) atoms. The summed E-state index contributed by atoms with van der Waals surface area (Å²) >= 11 is 0. The molecule has 2 saturated heterocycles. The second kappa shape index (κ2) is 6.20. The van der Waals surface area contributed by atoms with Gasteiger partial charge in [-0.25, -0.2) is 0 Å². The molecule has 2 fully saturated rings. The summed E-state index contributed by atoms with van der Waals surface area (Å²) in [7, 11) is 1.74. The van der Waals surface area contributed by atoms with E-state index in [-0.39, 0.29) is 18.1 Å². The van der Waals surface area contributed by atoms with Gasteiger partial charge in [0, 0.05) is 32.4 Å². The van der Waals surface area contributed by atoms with Gasteiger partial charge in [0.15, 0.2) is 0 Å². The molecule has 3 heterocycles. The Morgan fingerprint density at radius 2 is 2.19 bits per heavy atom. The number of ether oxygens (including phenoxy) is 1. The van der Waals surface area contributed by atoms with Crippen LogP contribution in [0.1, 0.15) is 35.3 Å². The van der Waals surface area contributed by atoms with Crippen LogP contribution in [0.2, 0.25) is 0 Å². The number of hydrogen-bond acceptors (Lipinski definition) is 3. The number of likely N-dealkylation sites (tertiary alicyclic amines) is 2. The third kappa shape index (κ3) is 2.99. The van der Waals surface area contributed by atoms with Crippen molar-refractivity contribution < 1.29 is 9.53 Å². The Morgan fingerprint density at radius 3 is 2.81 bits per heavy atom. The highest BCUT2D eigenvalue weighted by Crippen LogP contribution is 2.25. The maximum absolute atomic E-state index is 12.8. The van der Waals surface area contributed by atoms with E-state index in [4.69, 9.17) is 4.74 Å². The second-order valence-corrected chi connectivity index (χ2v) is 6.25. The Hall–Kier alpha value is -1.33. The van der Waals surface area contributed by atoms with Crippen LogP contribution in [0.5, 0.6) is 0 Å². The molecule has 1 aromatic heterocycles. The molecule has 2 atom stereocenters. The quantitative estimate of drug-likeness (QED) is 0.917. The normalized spacial score (nSPS) is 26.7. The lowest BCUT2D eigenvalue weighted by Gasteiger charge is -2.28. The van der Waals surface area contributed by atoms with Crippen molar-refractivity contribution in [3.8, 4) is 0 Å². The highest BCUT2D eigenvalue weighted by Gasteiger charge is 2.37. The monoisotopic (exact) mass is 291 g/mol. The van der Waals surface area contributed by atoms with Crippen molar-refractivity contribution in [3.63, 3.8) is 0 Å². The van der Waals surface area contributed by atoms with E-state index in [1.807, 2.05) is 24.1 Å². The predicted molar refractivity (Wildman–Crippen MR) is 81.4 cm³/mol. The van der Waals surface area contributed by atoms with Crippen molar-refractivity contribution >= 4 is 5.91 Å². The summed E-state index contributed by atoms with van der Waals surface area (Å²) in [6.45, 7) is 5.98. The lowest BCUT2D eigenvalue weighted by Crippen LogP contribution is -2.43. The first-order chi connectivity index (χ1) is 10.2. The molecule has 0 aromatic carbocycles. The number of rotatable bonds is 4. The van der Waals surface area contributed by atoms with E-state index in [0.29, 0.717) is 6.54 Å². The molecule has 3 rings (SSSR count). The van der Waals surface area contributed by atoms with Gasteiger partial charge >= 0.3 is 0 Å². The number of carbonyl (C=O) groups excluding carboxylic acids is 1. The van der Waals surface area contributed by atoms with E-state index in [0.717, 1.165) is 37.3 Å². The molecule has 1 amide bonds. The molecule has 0 unspecified atom stereocenters. The van der Waals surface area contributed by atoms with Crippen LogP contribution in [0.3, 0.4) is 0 Å². The fourth-order valence-electron chi connectivity index (χ4n) is 3.55. The van der Waals surface area contributed by atoms with Crippen LogP contribution in [-0.4, -0.2) is 66.1 Å². The number of aryl methyl sites for hydroxylation is 1. The fraction of sp³-hybridized carbons (Fsp3) is 0.688. The Labute approximate surface area is 126 Å². The van der Waals surface area contributed by atoms with Gasteiger partial charge in [-0.05, 0) is 50.9 Å². The summed E-state index contributed by atoms with van der Waals surface area (Å²) in [5.74, 6) is 0.112. The first kappa shape index (κ1) is 14.6. The van der Waals surface area contributed by atoms with Gasteiger partial charge in [-0.1, -0.05) is 0 Å². The summed E-state index contributed by atoms with van der Waals surface area (Å²) in [5.41, 5.74) is 1.74. The van der Waals surface area contributed by atoms with Crippen LogP contribution >= 0.6 is 0 Å². The van der Waals surface area contributed by atoms with Gasteiger partial charge in [-0.2, -0.15) is 0 Å². The first-order valence-corrected chi connectivity index (χ1v) is 7.89. The summed E-state index contributed by atoms with van der Waals surface area (Å²) in [6, 6.07) is 2.22. The molecule has 0 spiro atoms. The topological polar surface area (TPSA) is 48.6 Å². The van der Waals surface area contributed by atoms with Crippen molar-refractivity contribution in [2.75, 3.05) is 33.3 Å². The average molecular weight is 291 g/mol. The zero-order chi connectivity index (χ0) is 14.8. The largest absolute Gasteiger partial charge is 0.380 e. The molecule has 2 aliphatic heterocycles. The van der Waals surface area contributed by atoms with Gasteiger partial charge in [0.1, 0.15) is 5.69 Å². The minimum atomic E-state index is 0.112. The lowest BCUT2D eigenvalue weighted by atomic mass is 10.1. The standard InChI is InChI=1S/C16H25N3O2/c1-12-5-6-17-15(12)16(20)19-11-14(21-2)9-13(19)10-18-7-3-4-8-18/h5-6,13-14,17H,3-4,7-11H2,1-2H3/t13-,14-/m0/s1. The van der Waals surface area contributed by atoms with Crippen LogP contribution in [0.15, 0.2) is 12.3 Å². The predicted octanol–water partition coefficient (Wildman–Crippen LogP) is 1.65. The van der Waals surface area contributed by atoms with Gasteiger partial charge in [-0.15, -0.1) is 0 Å². The molecule has 2 aliphatic rings. The van der Waals surface area contributed by atoms with Gasteiger partial charge in [-0.3, -0.25) is 4.79 Å². The number of aromatic nitrogens is 1. The van der Waals surface area contributed by atoms with Crippen molar-refractivity contribution in [2.45, 2.75) is 38.3 Å². The van der Waals surface area contributed by atoms with Crippen LogP contribution in [0.25, 0.3) is 0 Å². The fourth-order valence-corrected chi connectivity index (χ4v) is 3.55. The summed E-state index contributed by atoms with van der Waals surface area (Å²) in [5, 5.41) is 0. The highest BCUT2D eigenvalue weighted by atomic mass is 16.5. The molecule has 0 aliphatic carbocycles. The Balaban J connectivity index is 1.73. The average Bonchev–Trinajstić information content (AvgIpc) is 3.19. The molecular formula is C16H25N3O2. The molecule has 5 nitrogen and oxygen atoms in total.